The van der Waals surface area contributed by atoms with Crippen LogP contribution in [-0.2, 0) is 0 Å². The molecule has 6 heterocycles. The normalized spacial score (nSPS) is 12.2. The average molecular weight is 983 g/mol. The van der Waals surface area contributed by atoms with Crippen molar-refractivity contribution in [1.29, 1.82) is 0 Å². The van der Waals surface area contributed by atoms with Gasteiger partial charge in [0.1, 0.15) is 0 Å². The Kier molecular flexibility index (Phi) is 8.68. The Hall–Kier alpha value is -10.6. The fraction of sp³-hybridized carbons (Fsp3) is 0. The molecule has 17 aromatic rings. The van der Waals surface area contributed by atoms with Gasteiger partial charge in [-0.3, -0.25) is 13.7 Å². The fourth-order valence-corrected chi connectivity index (χ4v) is 12.7. The van der Waals surface area contributed by atoms with Crippen molar-refractivity contribution in [2.45, 2.75) is 0 Å². The Morgan fingerprint density at radius 3 is 0.831 bits per heavy atom. The van der Waals surface area contributed by atoms with E-state index >= 15 is 0 Å². The van der Waals surface area contributed by atoms with Crippen LogP contribution in [0.3, 0.4) is 0 Å². The van der Waals surface area contributed by atoms with Gasteiger partial charge >= 0.3 is 0 Å². The number of para-hydroxylation sites is 8. The molecule has 0 aliphatic rings. The third kappa shape index (κ3) is 6.00. The summed E-state index contributed by atoms with van der Waals surface area (Å²) in [5.41, 5.74) is 15.2. The molecule has 0 atom stereocenters. The summed E-state index contributed by atoms with van der Waals surface area (Å²) in [6.45, 7) is 0. The van der Waals surface area contributed by atoms with Crippen molar-refractivity contribution in [3.8, 4) is 40.3 Å². The molecular weight excluding hydrogens is 941 g/mol. The lowest BCUT2D eigenvalue weighted by Crippen LogP contribution is -2.13. The second kappa shape index (κ2) is 16.0. The summed E-state index contributed by atoms with van der Waals surface area (Å²) in [6.07, 6.45) is 0. The standard InChI is InChI=1S/C69H42N8/c1-2-18-45(19-3-1)73-59-29-13-10-26-53(59)54-40-43(34-37-64(54)73)44-35-38-65-55(41-44)56-42-46(74-57-27-11-4-20-47(57)48-21-5-12-28-58(48)74)36-39-66(56)77(65)69-71-67(75-60-30-14-6-22-49(60)50-23-7-15-31-61(50)75)70-68(72-69)76-62-32-16-8-24-51(62)52-25-9-17-33-63(52)76/h1-42H. The van der Waals surface area contributed by atoms with Crippen LogP contribution < -0.4 is 0 Å². The van der Waals surface area contributed by atoms with Gasteiger partial charge in [-0.05, 0) is 108 Å². The van der Waals surface area contributed by atoms with Crippen LogP contribution >= 0.6 is 0 Å². The predicted octanol–water partition coefficient (Wildman–Crippen LogP) is 17.0. The van der Waals surface area contributed by atoms with Crippen LogP contribution in [0.25, 0.3) is 149 Å². The first-order valence-corrected chi connectivity index (χ1v) is 26.1. The van der Waals surface area contributed by atoms with E-state index in [1.54, 1.807) is 0 Å². The molecule has 77 heavy (non-hydrogen) atoms. The number of aromatic nitrogens is 8. The van der Waals surface area contributed by atoms with E-state index in [0.29, 0.717) is 17.8 Å². The van der Waals surface area contributed by atoms with Crippen LogP contribution in [-0.4, -0.2) is 37.8 Å². The number of benzene rings is 11. The summed E-state index contributed by atoms with van der Waals surface area (Å²) in [4.78, 5) is 16.7. The Morgan fingerprint density at radius 1 is 0.182 bits per heavy atom. The molecular formula is C69H42N8. The third-order valence-corrected chi connectivity index (χ3v) is 16.0. The quantitative estimate of drug-likeness (QED) is 0.167. The monoisotopic (exact) mass is 982 g/mol. The van der Waals surface area contributed by atoms with Crippen LogP contribution in [0.5, 0.6) is 0 Å². The van der Waals surface area contributed by atoms with E-state index in [9.17, 15) is 0 Å². The molecule has 0 saturated heterocycles. The molecule has 0 aliphatic carbocycles. The first-order valence-electron chi connectivity index (χ1n) is 26.1. The van der Waals surface area contributed by atoms with Gasteiger partial charge in [-0.25, -0.2) is 0 Å². The summed E-state index contributed by atoms with van der Waals surface area (Å²) >= 11 is 0. The van der Waals surface area contributed by atoms with Crippen LogP contribution in [0.2, 0.25) is 0 Å². The van der Waals surface area contributed by atoms with Crippen molar-refractivity contribution >= 4 is 109 Å². The molecule has 0 unspecified atom stereocenters. The van der Waals surface area contributed by atoms with E-state index in [0.717, 1.165) is 99.0 Å². The van der Waals surface area contributed by atoms with Gasteiger partial charge in [0.2, 0.25) is 17.8 Å². The summed E-state index contributed by atoms with van der Waals surface area (Å²) in [7, 11) is 0. The molecule has 0 N–H and O–H groups in total. The van der Waals surface area contributed by atoms with Gasteiger partial charge in [0, 0.05) is 65.2 Å². The number of nitrogens with zero attached hydrogens (tertiary/aromatic N) is 8. The van der Waals surface area contributed by atoms with Crippen molar-refractivity contribution in [3.05, 3.63) is 255 Å². The zero-order chi connectivity index (χ0) is 50.3. The van der Waals surface area contributed by atoms with E-state index < -0.39 is 0 Å². The Bertz CT molecular complexity index is 5010. The van der Waals surface area contributed by atoms with Gasteiger partial charge in [-0.1, -0.05) is 158 Å². The zero-order valence-electron chi connectivity index (χ0n) is 41.3. The Balaban J connectivity index is 0.961. The number of fused-ring (bicyclic) bond motifs is 15. The van der Waals surface area contributed by atoms with Crippen molar-refractivity contribution < 1.29 is 0 Å². The maximum atomic E-state index is 5.60. The van der Waals surface area contributed by atoms with Crippen molar-refractivity contribution in [2.24, 2.45) is 0 Å². The minimum absolute atomic E-state index is 0.515. The molecule has 0 bridgehead atoms. The third-order valence-electron chi connectivity index (χ3n) is 16.0. The Labute approximate surface area is 439 Å². The van der Waals surface area contributed by atoms with Crippen LogP contribution in [0.1, 0.15) is 0 Å². The van der Waals surface area contributed by atoms with Crippen LogP contribution in [0, 0.1) is 0 Å². The molecule has 11 aromatic carbocycles. The molecule has 6 aromatic heterocycles. The summed E-state index contributed by atoms with van der Waals surface area (Å²) < 4.78 is 11.4. The summed E-state index contributed by atoms with van der Waals surface area (Å²) in [5, 5.41) is 11.6. The van der Waals surface area contributed by atoms with Crippen molar-refractivity contribution in [2.75, 3.05) is 0 Å². The minimum Gasteiger partial charge on any atom is -0.309 e. The average Bonchev–Trinajstić information content (AvgIpc) is 4.37. The highest BCUT2D eigenvalue weighted by molar-refractivity contribution is 6.15. The molecule has 8 nitrogen and oxygen atoms in total. The molecule has 0 fully saturated rings. The van der Waals surface area contributed by atoms with E-state index in [1.165, 1.54) is 32.6 Å². The second-order valence-electron chi connectivity index (χ2n) is 20.0. The van der Waals surface area contributed by atoms with Gasteiger partial charge in [0.05, 0.1) is 55.2 Å². The molecule has 8 heteroatoms. The first-order chi connectivity index (χ1) is 38.2. The maximum Gasteiger partial charge on any atom is 0.241 e. The summed E-state index contributed by atoms with van der Waals surface area (Å²) in [5.74, 6) is 1.57. The second-order valence-corrected chi connectivity index (χ2v) is 20.0. The molecule has 0 saturated carbocycles. The van der Waals surface area contributed by atoms with E-state index in [-0.39, 0.29) is 0 Å². The predicted molar refractivity (Wildman–Crippen MR) is 317 cm³/mol. The van der Waals surface area contributed by atoms with Gasteiger partial charge in [0.15, 0.2) is 0 Å². The van der Waals surface area contributed by atoms with E-state index in [2.05, 4.69) is 278 Å². The van der Waals surface area contributed by atoms with Gasteiger partial charge in [-0.2, -0.15) is 15.0 Å². The highest BCUT2D eigenvalue weighted by atomic mass is 15.3. The topological polar surface area (TPSA) is 63.3 Å². The van der Waals surface area contributed by atoms with E-state index in [4.69, 9.17) is 15.0 Å². The fourth-order valence-electron chi connectivity index (χ4n) is 12.7. The van der Waals surface area contributed by atoms with E-state index in [1.807, 2.05) is 0 Å². The molecule has 358 valence electrons. The van der Waals surface area contributed by atoms with Gasteiger partial charge < -0.3 is 9.13 Å². The lowest BCUT2D eigenvalue weighted by Gasteiger charge is -2.14. The molecule has 0 amide bonds. The highest BCUT2D eigenvalue weighted by Gasteiger charge is 2.24. The van der Waals surface area contributed by atoms with Gasteiger partial charge in [-0.15, -0.1) is 0 Å². The smallest absolute Gasteiger partial charge is 0.241 e. The maximum absolute atomic E-state index is 5.60. The molecule has 0 aliphatic heterocycles. The molecule has 0 radical (unpaired) electrons. The molecule has 0 spiro atoms. The lowest BCUT2D eigenvalue weighted by atomic mass is 10.0. The highest BCUT2D eigenvalue weighted by Crippen LogP contribution is 2.41. The Morgan fingerprint density at radius 2 is 0.442 bits per heavy atom. The van der Waals surface area contributed by atoms with Crippen LogP contribution in [0.4, 0.5) is 0 Å². The van der Waals surface area contributed by atoms with Crippen molar-refractivity contribution in [1.82, 2.24) is 37.8 Å². The summed E-state index contributed by atoms with van der Waals surface area (Å²) in [6, 6.07) is 91.6. The molecule has 17 rings (SSSR count). The number of hydrogen-bond acceptors (Lipinski definition) is 3. The minimum atomic E-state index is 0.515. The van der Waals surface area contributed by atoms with Gasteiger partial charge in [0.25, 0.3) is 0 Å². The zero-order valence-corrected chi connectivity index (χ0v) is 41.3. The first kappa shape index (κ1) is 41.9. The SMILES string of the molecule is c1ccc(-n2c3ccccc3c3cc(-c4ccc5c(c4)c4cc(-n6c7ccccc7c7ccccc76)ccc4n5-c4nc(-n5c6ccccc6c6ccccc65)nc(-n5c6ccccc6c6ccccc65)n4)ccc32)cc1. The number of hydrogen-bond donors (Lipinski definition) is 0. The lowest BCUT2D eigenvalue weighted by molar-refractivity contribution is 0.848. The largest absolute Gasteiger partial charge is 0.309 e. The van der Waals surface area contributed by atoms with Crippen LogP contribution in [0.15, 0.2) is 255 Å². The van der Waals surface area contributed by atoms with Crippen molar-refractivity contribution in [3.63, 3.8) is 0 Å². The number of rotatable bonds is 6.